The van der Waals surface area contributed by atoms with Gasteiger partial charge in [0.25, 0.3) is 5.69 Å². The van der Waals surface area contributed by atoms with Crippen LogP contribution in [-0.2, 0) is 4.79 Å². The van der Waals surface area contributed by atoms with E-state index in [2.05, 4.69) is 10.3 Å². The third-order valence-electron chi connectivity index (χ3n) is 4.06. The lowest BCUT2D eigenvalue weighted by Crippen LogP contribution is -2.08. The van der Waals surface area contributed by atoms with E-state index in [1.807, 2.05) is 6.07 Å². The van der Waals surface area contributed by atoms with Gasteiger partial charge in [0.2, 0.25) is 5.91 Å². The third-order valence-corrected chi connectivity index (χ3v) is 4.99. The van der Waals surface area contributed by atoms with Gasteiger partial charge in [0.15, 0.2) is 11.5 Å². The van der Waals surface area contributed by atoms with E-state index in [9.17, 15) is 14.9 Å². The lowest BCUT2D eigenvalue weighted by atomic mass is 10.2. The highest BCUT2D eigenvalue weighted by molar-refractivity contribution is 7.99. The van der Waals surface area contributed by atoms with Crippen LogP contribution < -0.4 is 14.8 Å². The summed E-state index contributed by atoms with van der Waals surface area (Å²) in [5.41, 5.74) is 0.924. The molecular formula is C22H19N3O5S. The second-order valence-electron chi connectivity index (χ2n) is 6.18. The molecule has 0 unspecified atom stereocenters. The second-order valence-corrected chi connectivity index (χ2v) is 7.27. The van der Waals surface area contributed by atoms with Crippen LogP contribution in [-0.4, -0.2) is 30.0 Å². The molecule has 158 valence electrons. The largest absolute Gasteiger partial charge is 0.493 e. The van der Waals surface area contributed by atoms with Crippen molar-refractivity contribution in [3.63, 3.8) is 0 Å². The first-order valence-corrected chi connectivity index (χ1v) is 9.89. The number of hydrogen-bond acceptors (Lipinski definition) is 7. The standard InChI is InChI=1S/C22H19N3O5S/c1-29-19-8-6-15(11-20(19)30-2)7-9-21(26)24-16-12-17(25(27)28)14-18(13-16)31-22-5-3-4-10-23-22/h3-14H,1-2H3,(H,24,26)/b9-7-. The highest BCUT2D eigenvalue weighted by atomic mass is 32.2. The number of nitrogens with one attached hydrogen (secondary N) is 1. The zero-order valence-corrected chi connectivity index (χ0v) is 17.6. The second kappa shape index (κ2) is 10.3. The number of benzene rings is 2. The molecule has 0 bridgehead atoms. The molecule has 2 aromatic carbocycles. The highest BCUT2D eigenvalue weighted by Gasteiger charge is 2.12. The van der Waals surface area contributed by atoms with Crippen LogP contribution in [0.2, 0.25) is 0 Å². The van der Waals surface area contributed by atoms with Gasteiger partial charge in [-0.05, 0) is 42.0 Å². The molecular weight excluding hydrogens is 418 g/mol. The van der Waals surface area contributed by atoms with E-state index in [4.69, 9.17) is 9.47 Å². The Morgan fingerprint density at radius 2 is 1.90 bits per heavy atom. The monoisotopic (exact) mass is 437 g/mol. The van der Waals surface area contributed by atoms with E-state index in [1.165, 1.54) is 37.1 Å². The molecule has 0 aliphatic carbocycles. The van der Waals surface area contributed by atoms with E-state index in [0.717, 1.165) is 5.56 Å². The number of ether oxygens (including phenoxy) is 2. The summed E-state index contributed by atoms with van der Waals surface area (Å²) in [5, 5.41) is 14.7. The van der Waals surface area contributed by atoms with E-state index in [1.54, 1.807) is 55.8 Å². The molecule has 9 heteroatoms. The molecule has 0 spiro atoms. The van der Waals surface area contributed by atoms with Gasteiger partial charge in [0, 0.05) is 35.0 Å². The fraction of sp³-hybridized carbons (Fsp3) is 0.0909. The number of hydrogen-bond donors (Lipinski definition) is 1. The first kappa shape index (κ1) is 21.8. The lowest BCUT2D eigenvalue weighted by molar-refractivity contribution is -0.385. The maximum absolute atomic E-state index is 12.4. The highest BCUT2D eigenvalue weighted by Crippen LogP contribution is 2.32. The van der Waals surface area contributed by atoms with E-state index in [0.29, 0.717) is 27.1 Å². The predicted molar refractivity (Wildman–Crippen MR) is 119 cm³/mol. The number of nitro groups is 1. The van der Waals surface area contributed by atoms with Crippen LogP contribution >= 0.6 is 11.8 Å². The number of aromatic nitrogens is 1. The summed E-state index contributed by atoms with van der Waals surface area (Å²) in [7, 11) is 3.07. The number of nitrogens with zero attached hydrogens (tertiary/aromatic N) is 2. The van der Waals surface area contributed by atoms with Crippen LogP contribution in [0, 0.1) is 10.1 Å². The minimum atomic E-state index is -0.502. The number of carbonyl (C=O) groups excluding carboxylic acids is 1. The predicted octanol–water partition coefficient (Wildman–Crippen LogP) is 4.81. The van der Waals surface area contributed by atoms with Crippen LogP contribution in [0.5, 0.6) is 11.5 Å². The molecule has 0 fully saturated rings. The number of anilines is 1. The Balaban J connectivity index is 1.77. The molecule has 0 aliphatic heterocycles. The molecule has 0 saturated heterocycles. The topological polar surface area (TPSA) is 104 Å². The SMILES string of the molecule is COc1ccc(/C=C\C(=O)Nc2cc(Sc3ccccn3)cc([N+](=O)[O-])c2)cc1OC. The fourth-order valence-electron chi connectivity index (χ4n) is 2.66. The zero-order chi connectivity index (χ0) is 22.2. The fourth-order valence-corrected chi connectivity index (χ4v) is 3.53. The first-order chi connectivity index (χ1) is 15.0. The smallest absolute Gasteiger partial charge is 0.272 e. The summed E-state index contributed by atoms with van der Waals surface area (Å²) in [6.45, 7) is 0. The van der Waals surface area contributed by atoms with Crippen LogP contribution in [0.1, 0.15) is 5.56 Å². The Bertz CT molecular complexity index is 1120. The maximum Gasteiger partial charge on any atom is 0.272 e. The summed E-state index contributed by atoms with van der Waals surface area (Å²) in [6, 6.07) is 15.1. The van der Waals surface area contributed by atoms with Crippen molar-refractivity contribution in [3.8, 4) is 11.5 Å². The molecule has 3 rings (SSSR count). The van der Waals surface area contributed by atoms with Crippen molar-refractivity contribution in [2.45, 2.75) is 9.92 Å². The Labute approximate surface area is 183 Å². The van der Waals surface area contributed by atoms with Crippen molar-refractivity contribution in [1.82, 2.24) is 4.98 Å². The number of rotatable bonds is 8. The van der Waals surface area contributed by atoms with Gasteiger partial charge in [0.05, 0.1) is 19.1 Å². The molecule has 1 heterocycles. The molecule has 0 aliphatic rings. The molecule has 3 aromatic rings. The van der Waals surface area contributed by atoms with Gasteiger partial charge in [-0.3, -0.25) is 14.9 Å². The normalized spacial score (nSPS) is 10.6. The number of pyridine rings is 1. The van der Waals surface area contributed by atoms with E-state index >= 15 is 0 Å². The van der Waals surface area contributed by atoms with Gasteiger partial charge in [-0.15, -0.1) is 0 Å². The molecule has 1 N–H and O–H groups in total. The lowest BCUT2D eigenvalue weighted by Gasteiger charge is -2.08. The van der Waals surface area contributed by atoms with Gasteiger partial charge in [-0.25, -0.2) is 4.98 Å². The Hall–Kier alpha value is -3.85. The molecule has 31 heavy (non-hydrogen) atoms. The van der Waals surface area contributed by atoms with Gasteiger partial charge in [0.1, 0.15) is 5.03 Å². The summed E-state index contributed by atoms with van der Waals surface area (Å²) in [5.74, 6) is 0.697. The molecule has 1 amide bonds. The molecule has 1 aromatic heterocycles. The van der Waals surface area contributed by atoms with Gasteiger partial charge in [-0.2, -0.15) is 0 Å². The number of carbonyl (C=O) groups is 1. The Morgan fingerprint density at radius 3 is 2.58 bits per heavy atom. The van der Waals surface area contributed by atoms with Gasteiger partial charge >= 0.3 is 0 Å². The quantitative estimate of drug-likeness (QED) is 0.306. The average Bonchev–Trinajstić information content (AvgIpc) is 2.78. The minimum absolute atomic E-state index is 0.125. The minimum Gasteiger partial charge on any atom is -0.493 e. The summed E-state index contributed by atoms with van der Waals surface area (Å²) in [6.07, 6.45) is 4.59. The summed E-state index contributed by atoms with van der Waals surface area (Å²) >= 11 is 1.27. The number of amides is 1. The number of non-ortho nitro benzene ring substituents is 1. The van der Waals surface area contributed by atoms with Crippen molar-refractivity contribution >= 4 is 35.1 Å². The maximum atomic E-state index is 12.4. The Morgan fingerprint density at radius 1 is 1.10 bits per heavy atom. The van der Waals surface area contributed by atoms with Gasteiger partial charge in [-0.1, -0.05) is 23.9 Å². The number of nitro benzene ring substituents is 1. The molecule has 8 nitrogen and oxygen atoms in total. The number of methoxy groups -OCH3 is 2. The summed E-state index contributed by atoms with van der Waals surface area (Å²) in [4.78, 5) is 28.0. The van der Waals surface area contributed by atoms with Crippen molar-refractivity contribution in [2.75, 3.05) is 19.5 Å². The van der Waals surface area contributed by atoms with Crippen molar-refractivity contribution in [3.05, 3.63) is 82.5 Å². The first-order valence-electron chi connectivity index (χ1n) is 9.08. The van der Waals surface area contributed by atoms with E-state index < -0.39 is 10.8 Å². The van der Waals surface area contributed by atoms with E-state index in [-0.39, 0.29) is 5.69 Å². The summed E-state index contributed by atoms with van der Waals surface area (Å²) < 4.78 is 10.4. The molecule has 0 saturated carbocycles. The van der Waals surface area contributed by atoms with Crippen LogP contribution in [0.4, 0.5) is 11.4 Å². The van der Waals surface area contributed by atoms with Gasteiger partial charge < -0.3 is 14.8 Å². The average molecular weight is 437 g/mol. The third kappa shape index (κ3) is 6.06. The van der Waals surface area contributed by atoms with Crippen molar-refractivity contribution in [2.24, 2.45) is 0 Å². The van der Waals surface area contributed by atoms with Crippen LogP contribution in [0.3, 0.4) is 0 Å². The van der Waals surface area contributed by atoms with Crippen molar-refractivity contribution < 1.29 is 19.2 Å². The van der Waals surface area contributed by atoms with Crippen molar-refractivity contribution in [1.29, 1.82) is 0 Å². The zero-order valence-electron chi connectivity index (χ0n) is 16.8. The molecule has 0 atom stereocenters. The van der Waals surface area contributed by atoms with Crippen LogP contribution in [0.25, 0.3) is 6.08 Å². The van der Waals surface area contributed by atoms with Crippen LogP contribution in [0.15, 0.2) is 76.8 Å². The molecule has 0 radical (unpaired) electrons. The Kier molecular flexibility index (Phi) is 7.23.